The van der Waals surface area contributed by atoms with Crippen molar-refractivity contribution in [3.8, 4) is 5.75 Å². The lowest BCUT2D eigenvalue weighted by molar-refractivity contribution is 0.303. The van der Waals surface area contributed by atoms with E-state index >= 15 is 0 Å². The maximum atomic E-state index is 6.06. The molecule has 2 aromatic rings. The van der Waals surface area contributed by atoms with Crippen molar-refractivity contribution >= 4 is 23.2 Å². The van der Waals surface area contributed by atoms with Gasteiger partial charge in [0.2, 0.25) is 0 Å². The molecule has 0 atom stereocenters. The number of ether oxygens (including phenoxy) is 1. The smallest absolute Gasteiger partial charge is 0.130 e. The molecule has 0 saturated carbocycles. The van der Waals surface area contributed by atoms with Gasteiger partial charge in [-0.1, -0.05) is 48.3 Å². The zero-order valence-corrected chi connectivity index (χ0v) is 11.5. The van der Waals surface area contributed by atoms with E-state index < -0.39 is 0 Å². The van der Waals surface area contributed by atoms with Gasteiger partial charge in [-0.05, 0) is 24.1 Å². The van der Waals surface area contributed by atoms with Crippen LogP contribution in [-0.2, 0) is 13.0 Å². The first-order valence-electron chi connectivity index (χ1n) is 5.71. The van der Waals surface area contributed by atoms with Crippen molar-refractivity contribution in [2.45, 2.75) is 20.0 Å². The Morgan fingerprint density at radius 1 is 1.17 bits per heavy atom. The summed E-state index contributed by atoms with van der Waals surface area (Å²) >= 11 is 11.8. The Labute approximate surface area is 117 Å². The fourth-order valence-electron chi connectivity index (χ4n) is 1.63. The Morgan fingerprint density at radius 2 is 1.94 bits per heavy atom. The van der Waals surface area contributed by atoms with Crippen LogP contribution in [0.1, 0.15) is 18.1 Å². The summed E-state index contributed by atoms with van der Waals surface area (Å²) in [6.07, 6.45) is 2.57. The SMILES string of the molecule is CCc1ccccc1OCc1cnc(Cl)cc1Cl. The van der Waals surface area contributed by atoms with E-state index in [1.165, 1.54) is 5.56 Å². The third-order valence-electron chi connectivity index (χ3n) is 2.63. The number of aryl methyl sites for hydroxylation is 1. The molecule has 2 rings (SSSR count). The molecule has 1 heterocycles. The molecule has 4 heteroatoms. The minimum absolute atomic E-state index is 0.387. The average Bonchev–Trinajstić information content (AvgIpc) is 2.38. The van der Waals surface area contributed by atoms with Gasteiger partial charge in [0.05, 0.1) is 5.02 Å². The minimum Gasteiger partial charge on any atom is -0.489 e. The van der Waals surface area contributed by atoms with Crippen LogP contribution < -0.4 is 4.74 Å². The highest BCUT2D eigenvalue weighted by Crippen LogP contribution is 2.23. The van der Waals surface area contributed by atoms with Crippen molar-refractivity contribution in [2.75, 3.05) is 0 Å². The molecule has 0 spiro atoms. The molecule has 0 aliphatic rings. The first-order chi connectivity index (χ1) is 8.70. The second-order valence-corrected chi connectivity index (χ2v) is 4.64. The van der Waals surface area contributed by atoms with E-state index in [4.69, 9.17) is 27.9 Å². The van der Waals surface area contributed by atoms with Crippen molar-refractivity contribution in [2.24, 2.45) is 0 Å². The summed E-state index contributed by atoms with van der Waals surface area (Å²) in [6, 6.07) is 9.58. The van der Waals surface area contributed by atoms with Gasteiger partial charge in [0.1, 0.15) is 17.5 Å². The lowest BCUT2D eigenvalue weighted by Gasteiger charge is -2.11. The van der Waals surface area contributed by atoms with E-state index in [2.05, 4.69) is 18.0 Å². The lowest BCUT2D eigenvalue weighted by Crippen LogP contribution is -1.99. The molecule has 18 heavy (non-hydrogen) atoms. The zero-order chi connectivity index (χ0) is 13.0. The molecule has 0 unspecified atom stereocenters. The summed E-state index contributed by atoms with van der Waals surface area (Å²) in [7, 11) is 0. The molecule has 2 nitrogen and oxygen atoms in total. The number of halogens is 2. The van der Waals surface area contributed by atoms with Crippen LogP contribution in [-0.4, -0.2) is 4.98 Å². The number of hydrogen-bond donors (Lipinski definition) is 0. The van der Waals surface area contributed by atoms with Crippen LogP contribution >= 0.6 is 23.2 Å². The van der Waals surface area contributed by atoms with Crippen LogP contribution in [0, 0.1) is 0 Å². The molecule has 0 saturated heterocycles. The maximum Gasteiger partial charge on any atom is 0.130 e. The van der Waals surface area contributed by atoms with E-state index in [0.29, 0.717) is 16.8 Å². The third-order valence-corrected chi connectivity index (χ3v) is 3.19. The largest absolute Gasteiger partial charge is 0.489 e. The molecular weight excluding hydrogens is 269 g/mol. The Balaban J connectivity index is 2.11. The van der Waals surface area contributed by atoms with Crippen LogP contribution in [0.2, 0.25) is 10.2 Å². The predicted octanol–water partition coefficient (Wildman–Crippen LogP) is 4.53. The first-order valence-corrected chi connectivity index (χ1v) is 6.47. The topological polar surface area (TPSA) is 22.1 Å². The molecule has 0 fully saturated rings. The highest BCUT2D eigenvalue weighted by Gasteiger charge is 2.05. The summed E-state index contributed by atoms with van der Waals surface area (Å²) in [5, 5.41) is 0.960. The maximum absolute atomic E-state index is 6.06. The molecule has 0 aliphatic heterocycles. The van der Waals surface area contributed by atoms with Gasteiger partial charge in [-0.15, -0.1) is 0 Å². The van der Waals surface area contributed by atoms with Gasteiger partial charge >= 0.3 is 0 Å². The molecule has 94 valence electrons. The molecule has 0 bridgehead atoms. The molecule has 1 aromatic carbocycles. The lowest BCUT2D eigenvalue weighted by atomic mass is 10.1. The summed E-state index contributed by atoms with van der Waals surface area (Å²) in [6.45, 7) is 2.49. The van der Waals surface area contributed by atoms with E-state index in [1.807, 2.05) is 18.2 Å². The number of hydrogen-bond acceptors (Lipinski definition) is 2. The van der Waals surface area contributed by atoms with E-state index in [-0.39, 0.29) is 0 Å². The summed E-state index contributed by atoms with van der Waals surface area (Å²) in [4.78, 5) is 4.00. The highest BCUT2D eigenvalue weighted by molar-refractivity contribution is 6.34. The van der Waals surface area contributed by atoms with E-state index in [1.54, 1.807) is 12.3 Å². The second-order valence-electron chi connectivity index (χ2n) is 3.85. The highest BCUT2D eigenvalue weighted by atomic mass is 35.5. The number of aromatic nitrogens is 1. The van der Waals surface area contributed by atoms with Crippen LogP contribution in [0.5, 0.6) is 5.75 Å². The number of benzene rings is 1. The van der Waals surface area contributed by atoms with Crippen LogP contribution in [0.25, 0.3) is 0 Å². The molecule has 0 radical (unpaired) electrons. The molecule has 1 aromatic heterocycles. The Kier molecular flexibility index (Phi) is 4.45. The first kappa shape index (κ1) is 13.2. The van der Waals surface area contributed by atoms with Crippen molar-refractivity contribution in [3.63, 3.8) is 0 Å². The second kappa shape index (κ2) is 6.07. The van der Waals surface area contributed by atoms with Crippen molar-refractivity contribution in [1.82, 2.24) is 4.98 Å². The summed E-state index contributed by atoms with van der Waals surface area (Å²) in [5.74, 6) is 0.881. The van der Waals surface area contributed by atoms with E-state index in [0.717, 1.165) is 17.7 Å². The fourth-order valence-corrected chi connectivity index (χ4v) is 2.05. The third kappa shape index (κ3) is 3.15. The minimum atomic E-state index is 0.387. The van der Waals surface area contributed by atoms with Crippen LogP contribution in [0.3, 0.4) is 0 Å². The molecule has 0 amide bonds. The predicted molar refractivity (Wildman–Crippen MR) is 74.4 cm³/mol. The van der Waals surface area contributed by atoms with Gasteiger partial charge in [-0.25, -0.2) is 4.98 Å². The zero-order valence-electron chi connectivity index (χ0n) is 9.99. The molecular formula is C14H13Cl2NO. The van der Waals surface area contributed by atoms with Gasteiger partial charge in [0.15, 0.2) is 0 Å². The van der Waals surface area contributed by atoms with Crippen molar-refractivity contribution in [3.05, 3.63) is 57.8 Å². The number of para-hydroxylation sites is 1. The number of rotatable bonds is 4. The van der Waals surface area contributed by atoms with Gasteiger partial charge < -0.3 is 4.74 Å². The quantitative estimate of drug-likeness (QED) is 0.768. The summed E-state index contributed by atoms with van der Waals surface area (Å²) in [5.41, 5.74) is 2.00. The molecule has 0 N–H and O–H groups in total. The van der Waals surface area contributed by atoms with Gasteiger partial charge in [-0.2, -0.15) is 0 Å². The number of pyridine rings is 1. The van der Waals surface area contributed by atoms with Crippen molar-refractivity contribution in [1.29, 1.82) is 0 Å². The molecule has 0 aliphatic carbocycles. The standard InChI is InChI=1S/C14H13Cl2NO/c1-2-10-5-3-4-6-13(10)18-9-11-8-17-14(16)7-12(11)15/h3-8H,2,9H2,1H3. The average molecular weight is 282 g/mol. The van der Waals surface area contributed by atoms with Crippen LogP contribution in [0.15, 0.2) is 36.5 Å². The monoisotopic (exact) mass is 281 g/mol. The fraction of sp³-hybridized carbons (Fsp3) is 0.214. The van der Waals surface area contributed by atoms with Gasteiger partial charge in [0, 0.05) is 11.8 Å². The van der Waals surface area contributed by atoms with Gasteiger partial charge in [-0.3, -0.25) is 0 Å². The number of nitrogens with zero attached hydrogens (tertiary/aromatic N) is 1. The van der Waals surface area contributed by atoms with Crippen LogP contribution in [0.4, 0.5) is 0 Å². The summed E-state index contributed by atoms with van der Waals surface area (Å²) < 4.78 is 5.77. The van der Waals surface area contributed by atoms with Gasteiger partial charge in [0.25, 0.3) is 0 Å². The Hall–Kier alpha value is -1.25. The Morgan fingerprint density at radius 3 is 2.67 bits per heavy atom. The Bertz CT molecular complexity index is 543. The normalized spacial score (nSPS) is 10.4. The van der Waals surface area contributed by atoms with E-state index in [9.17, 15) is 0 Å². The van der Waals surface area contributed by atoms with Crippen molar-refractivity contribution < 1.29 is 4.74 Å².